The van der Waals surface area contributed by atoms with Crippen LogP contribution >= 0.6 is 0 Å². The average molecular weight is 292 g/mol. The van der Waals surface area contributed by atoms with Crippen LogP contribution in [-0.2, 0) is 11.3 Å². The number of carbonyl (C=O) groups excluding carboxylic acids is 1. The topological polar surface area (TPSA) is 61.8 Å². The number of ether oxygens (including phenoxy) is 1. The maximum absolute atomic E-state index is 12.0. The van der Waals surface area contributed by atoms with Crippen LogP contribution in [0.4, 0.5) is 4.79 Å². The number of aliphatic hydroxyl groups is 1. The number of nitrogens with one attached hydrogen (secondary N) is 1. The Kier molecular flexibility index (Phi) is 6.02. The fraction of sp³-hybridized carbons (Fsp3) is 0.562. The lowest BCUT2D eigenvalue weighted by Gasteiger charge is -2.33. The van der Waals surface area contributed by atoms with Gasteiger partial charge < -0.3 is 20.1 Å². The third-order valence-corrected chi connectivity index (χ3v) is 3.75. The predicted octanol–water partition coefficient (Wildman–Crippen LogP) is 1.76. The predicted molar refractivity (Wildman–Crippen MR) is 80.9 cm³/mol. The molecule has 1 aliphatic heterocycles. The fourth-order valence-electron chi connectivity index (χ4n) is 2.49. The first-order valence-corrected chi connectivity index (χ1v) is 7.51. The largest absolute Gasteiger partial charge is 0.445 e. The van der Waals surface area contributed by atoms with Crippen LogP contribution in [0.5, 0.6) is 0 Å². The molecule has 21 heavy (non-hydrogen) atoms. The zero-order chi connectivity index (χ0) is 15.1. The molecule has 1 atom stereocenters. The van der Waals surface area contributed by atoms with Gasteiger partial charge in [0.25, 0.3) is 0 Å². The zero-order valence-electron chi connectivity index (χ0n) is 12.5. The van der Waals surface area contributed by atoms with Crippen molar-refractivity contribution in [3.8, 4) is 0 Å². The third kappa shape index (κ3) is 5.02. The van der Waals surface area contributed by atoms with Crippen molar-refractivity contribution in [2.45, 2.75) is 38.5 Å². The molecule has 0 spiro atoms. The summed E-state index contributed by atoms with van der Waals surface area (Å²) in [6, 6.07) is 10.2. The Hall–Kier alpha value is -1.59. The molecule has 1 saturated heterocycles. The SMILES string of the molecule is C[C@H](CO)NC1CCN(C(=O)OCc2ccccc2)CC1. The minimum Gasteiger partial charge on any atom is -0.445 e. The standard InChI is InChI=1S/C16H24N2O3/c1-13(11-19)17-15-7-9-18(10-8-15)16(20)21-12-14-5-3-2-4-6-14/h2-6,13,15,17,19H,7-12H2,1H3/t13-/m1/s1. The highest BCUT2D eigenvalue weighted by Crippen LogP contribution is 2.13. The van der Waals surface area contributed by atoms with Crippen molar-refractivity contribution in [3.05, 3.63) is 35.9 Å². The quantitative estimate of drug-likeness (QED) is 0.868. The summed E-state index contributed by atoms with van der Waals surface area (Å²) in [5, 5.41) is 12.4. The molecule has 0 aromatic heterocycles. The Labute approximate surface area is 125 Å². The molecule has 2 N–H and O–H groups in total. The van der Waals surface area contributed by atoms with Crippen LogP contribution in [0.15, 0.2) is 30.3 Å². The van der Waals surface area contributed by atoms with Crippen molar-refractivity contribution in [3.63, 3.8) is 0 Å². The monoisotopic (exact) mass is 292 g/mol. The molecule has 1 fully saturated rings. The fourth-order valence-corrected chi connectivity index (χ4v) is 2.49. The molecule has 1 aromatic rings. The van der Waals surface area contributed by atoms with E-state index >= 15 is 0 Å². The highest BCUT2D eigenvalue weighted by atomic mass is 16.6. The second kappa shape index (κ2) is 8.00. The first-order chi connectivity index (χ1) is 10.2. The Morgan fingerprint density at radius 3 is 2.67 bits per heavy atom. The molecule has 0 radical (unpaired) electrons. The van der Waals surface area contributed by atoms with Gasteiger partial charge in [-0.25, -0.2) is 4.79 Å². The summed E-state index contributed by atoms with van der Waals surface area (Å²) in [5.41, 5.74) is 0.999. The van der Waals surface area contributed by atoms with Crippen LogP contribution in [0.2, 0.25) is 0 Å². The summed E-state index contributed by atoms with van der Waals surface area (Å²) in [4.78, 5) is 13.8. The van der Waals surface area contributed by atoms with E-state index in [4.69, 9.17) is 9.84 Å². The van der Waals surface area contributed by atoms with Gasteiger partial charge in [-0.15, -0.1) is 0 Å². The van der Waals surface area contributed by atoms with E-state index in [0.717, 1.165) is 18.4 Å². The molecular formula is C16H24N2O3. The molecule has 0 aliphatic carbocycles. The lowest BCUT2D eigenvalue weighted by atomic mass is 10.0. The number of rotatable bonds is 5. The molecule has 2 rings (SSSR count). The van der Waals surface area contributed by atoms with Crippen LogP contribution in [-0.4, -0.2) is 47.9 Å². The zero-order valence-corrected chi connectivity index (χ0v) is 12.5. The third-order valence-electron chi connectivity index (χ3n) is 3.75. The van der Waals surface area contributed by atoms with Gasteiger partial charge in [-0.1, -0.05) is 30.3 Å². The number of amides is 1. The Bertz CT molecular complexity index is 430. The van der Waals surface area contributed by atoms with E-state index in [2.05, 4.69) is 5.32 Å². The lowest BCUT2D eigenvalue weighted by Crippen LogP contribution is -2.48. The number of aliphatic hydroxyl groups excluding tert-OH is 1. The van der Waals surface area contributed by atoms with Crippen LogP contribution in [0.1, 0.15) is 25.3 Å². The number of carbonyl (C=O) groups is 1. The van der Waals surface area contributed by atoms with Gasteiger partial charge in [0.1, 0.15) is 6.61 Å². The van der Waals surface area contributed by atoms with Gasteiger partial charge in [-0.05, 0) is 25.3 Å². The summed E-state index contributed by atoms with van der Waals surface area (Å²) in [6.45, 7) is 3.81. The maximum Gasteiger partial charge on any atom is 0.410 e. The van der Waals surface area contributed by atoms with Gasteiger partial charge >= 0.3 is 6.09 Å². The number of piperidine rings is 1. The maximum atomic E-state index is 12.0. The Morgan fingerprint density at radius 2 is 2.05 bits per heavy atom. The Balaban J connectivity index is 1.70. The van der Waals surface area contributed by atoms with Crippen LogP contribution in [0.25, 0.3) is 0 Å². The van der Waals surface area contributed by atoms with Gasteiger partial charge in [-0.2, -0.15) is 0 Å². The van der Waals surface area contributed by atoms with E-state index in [1.54, 1.807) is 4.90 Å². The van der Waals surface area contributed by atoms with Gasteiger partial charge in [0.15, 0.2) is 0 Å². The molecule has 5 heteroatoms. The van der Waals surface area contributed by atoms with Crippen LogP contribution < -0.4 is 5.32 Å². The van der Waals surface area contributed by atoms with Gasteiger partial charge in [0.05, 0.1) is 6.61 Å². The van der Waals surface area contributed by atoms with Crippen molar-refractivity contribution in [1.29, 1.82) is 0 Å². The van der Waals surface area contributed by atoms with E-state index in [-0.39, 0.29) is 18.7 Å². The van der Waals surface area contributed by atoms with Crippen LogP contribution in [0, 0.1) is 0 Å². The van der Waals surface area contributed by atoms with E-state index in [0.29, 0.717) is 25.7 Å². The van der Waals surface area contributed by atoms with Crippen molar-refractivity contribution in [1.82, 2.24) is 10.2 Å². The number of benzene rings is 1. The van der Waals surface area contributed by atoms with Crippen LogP contribution in [0.3, 0.4) is 0 Å². The lowest BCUT2D eigenvalue weighted by molar-refractivity contribution is 0.0837. The molecule has 1 heterocycles. The highest BCUT2D eigenvalue weighted by molar-refractivity contribution is 5.67. The number of likely N-dealkylation sites (tertiary alicyclic amines) is 1. The average Bonchev–Trinajstić information content (AvgIpc) is 2.54. The molecule has 0 saturated carbocycles. The number of hydrogen-bond acceptors (Lipinski definition) is 4. The summed E-state index contributed by atoms with van der Waals surface area (Å²) >= 11 is 0. The number of hydrogen-bond donors (Lipinski definition) is 2. The van der Waals surface area contributed by atoms with Crippen molar-refractivity contribution in [2.75, 3.05) is 19.7 Å². The van der Waals surface area contributed by atoms with E-state index in [1.807, 2.05) is 37.3 Å². The highest BCUT2D eigenvalue weighted by Gasteiger charge is 2.24. The minimum absolute atomic E-state index is 0.103. The van der Waals surface area contributed by atoms with E-state index < -0.39 is 0 Å². The summed E-state index contributed by atoms with van der Waals surface area (Å²) < 4.78 is 5.33. The molecular weight excluding hydrogens is 268 g/mol. The second-order valence-corrected chi connectivity index (χ2v) is 5.55. The van der Waals surface area contributed by atoms with Gasteiger partial charge in [-0.3, -0.25) is 0 Å². The smallest absolute Gasteiger partial charge is 0.410 e. The molecule has 0 bridgehead atoms. The molecule has 1 aliphatic rings. The summed E-state index contributed by atoms with van der Waals surface area (Å²) in [5.74, 6) is 0. The van der Waals surface area contributed by atoms with E-state index in [9.17, 15) is 4.79 Å². The second-order valence-electron chi connectivity index (χ2n) is 5.55. The van der Waals surface area contributed by atoms with Crippen molar-refractivity contribution in [2.24, 2.45) is 0 Å². The normalized spacial score (nSPS) is 17.5. The Morgan fingerprint density at radius 1 is 1.38 bits per heavy atom. The van der Waals surface area contributed by atoms with Gasteiger partial charge in [0, 0.05) is 25.2 Å². The first-order valence-electron chi connectivity index (χ1n) is 7.51. The molecule has 5 nitrogen and oxygen atoms in total. The first kappa shape index (κ1) is 15.8. The van der Waals surface area contributed by atoms with Crippen molar-refractivity contribution < 1.29 is 14.6 Å². The molecule has 1 amide bonds. The minimum atomic E-state index is -0.243. The molecule has 1 aromatic carbocycles. The molecule has 0 unspecified atom stereocenters. The summed E-state index contributed by atoms with van der Waals surface area (Å²) in [7, 11) is 0. The van der Waals surface area contributed by atoms with Gasteiger partial charge in [0.2, 0.25) is 0 Å². The number of nitrogens with zero attached hydrogens (tertiary/aromatic N) is 1. The van der Waals surface area contributed by atoms with E-state index in [1.165, 1.54) is 0 Å². The molecule has 116 valence electrons. The summed E-state index contributed by atoms with van der Waals surface area (Å²) in [6.07, 6.45) is 1.54. The van der Waals surface area contributed by atoms with Crippen molar-refractivity contribution >= 4 is 6.09 Å².